The van der Waals surface area contributed by atoms with Crippen molar-refractivity contribution in [1.29, 1.82) is 0 Å². The molecule has 3 N–H and O–H groups in total. The molecule has 0 saturated carbocycles. The number of nitrogens with zero attached hydrogens (tertiary/aromatic N) is 1. The maximum Gasteiger partial charge on any atom is 0.247 e. The Morgan fingerprint density at radius 3 is 2.64 bits per heavy atom. The van der Waals surface area contributed by atoms with E-state index in [1.165, 1.54) is 0 Å². The van der Waals surface area contributed by atoms with Crippen LogP contribution in [0, 0.1) is 0 Å². The van der Waals surface area contributed by atoms with Gasteiger partial charge in [0.1, 0.15) is 18.0 Å². The van der Waals surface area contributed by atoms with Gasteiger partial charge in [0.15, 0.2) is 0 Å². The number of amides is 2. The third-order valence-corrected chi connectivity index (χ3v) is 6.94. The first-order valence-electron chi connectivity index (χ1n) is 13.4. The first-order valence-corrected chi connectivity index (χ1v) is 13.4. The zero-order valence-corrected chi connectivity index (χ0v) is 21.7. The lowest BCUT2D eigenvalue weighted by Gasteiger charge is -2.41. The highest BCUT2D eigenvalue weighted by Gasteiger charge is 2.50. The number of carbonyl (C=O) groups is 2. The fourth-order valence-electron chi connectivity index (χ4n) is 5.14. The molecule has 8 heteroatoms. The summed E-state index contributed by atoms with van der Waals surface area (Å²) >= 11 is 0. The lowest BCUT2D eigenvalue weighted by atomic mass is 9.77. The summed E-state index contributed by atoms with van der Waals surface area (Å²) in [5.41, 5.74) is 1.30. The van der Waals surface area contributed by atoms with E-state index >= 15 is 0 Å². The summed E-state index contributed by atoms with van der Waals surface area (Å²) in [6, 6.07) is 6.79. The molecule has 2 amide bonds. The number of benzene rings is 1. The highest BCUT2D eigenvalue weighted by atomic mass is 16.5. The van der Waals surface area contributed by atoms with Crippen molar-refractivity contribution >= 4 is 11.8 Å². The second-order valence-corrected chi connectivity index (χ2v) is 9.48. The second kappa shape index (κ2) is 14.4. The van der Waals surface area contributed by atoms with Crippen LogP contribution in [0.2, 0.25) is 0 Å². The Balaban J connectivity index is 1.88. The van der Waals surface area contributed by atoms with Crippen LogP contribution in [-0.4, -0.2) is 78.1 Å². The minimum absolute atomic E-state index is 0.0348. The number of hydrogen-bond donors (Lipinski definition) is 3. The number of rotatable bonds is 15. The molecule has 2 aliphatic rings. The predicted molar refractivity (Wildman–Crippen MR) is 138 cm³/mol. The number of ether oxygens (including phenoxy) is 2. The fraction of sp³-hybridized carbons (Fsp3) is 0.643. The number of hydrogen-bond acceptors (Lipinski definition) is 6. The molecule has 0 spiro atoms. The minimum atomic E-state index is -0.993. The average Bonchev–Trinajstić information content (AvgIpc) is 3.28. The van der Waals surface area contributed by atoms with Gasteiger partial charge in [-0.15, -0.1) is 0 Å². The first kappa shape index (κ1) is 28.2. The molecule has 0 bridgehead atoms. The van der Waals surface area contributed by atoms with Crippen molar-refractivity contribution in [2.45, 2.75) is 83.0 Å². The van der Waals surface area contributed by atoms with E-state index in [0.29, 0.717) is 43.9 Å². The van der Waals surface area contributed by atoms with Crippen LogP contribution in [0.5, 0.6) is 5.75 Å². The summed E-state index contributed by atoms with van der Waals surface area (Å²) in [7, 11) is 0. The molecule has 0 fully saturated rings. The van der Waals surface area contributed by atoms with Crippen LogP contribution < -0.4 is 10.1 Å². The fourth-order valence-corrected chi connectivity index (χ4v) is 5.14. The van der Waals surface area contributed by atoms with Crippen molar-refractivity contribution in [2.75, 3.05) is 32.9 Å². The van der Waals surface area contributed by atoms with Gasteiger partial charge in [0.25, 0.3) is 0 Å². The van der Waals surface area contributed by atoms with Gasteiger partial charge < -0.3 is 29.9 Å². The normalized spacial score (nSPS) is 22.3. The zero-order valence-electron chi connectivity index (χ0n) is 21.7. The third kappa shape index (κ3) is 6.87. The van der Waals surface area contributed by atoms with E-state index in [4.69, 9.17) is 9.47 Å². The lowest BCUT2D eigenvalue weighted by Crippen LogP contribution is -2.56. The van der Waals surface area contributed by atoms with Gasteiger partial charge in [0, 0.05) is 43.9 Å². The Kier molecular flexibility index (Phi) is 11.2. The second-order valence-electron chi connectivity index (χ2n) is 9.48. The number of aliphatic hydroxyl groups excluding tert-OH is 2. The smallest absolute Gasteiger partial charge is 0.247 e. The van der Waals surface area contributed by atoms with Crippen molar-refractivity contribution in [3.05, 3.63) is 41.5 Å². The summed E-state index contributed by atoms with van der Waals surface area (Å²) < 4.78 is 11.6. The molecule has 0 radical (unpaired) electrons. The number of fused-ring (bicyclic) bond motifs is 3. The Hall–Kier alpha value is -2.42. The maximum absolute atomic E-state index is 13.4. The van der Waals surface area contributed by atoms with Crippen LogP contribution in [0.1, 0.15) is 70.3 Å². The molecule has 200 valence electrons. The van der Waals surface area contributed by atoms with E-state index in [2.05, 4.69) is 12.2 Å². The van der Waals surface area contributed by atoms with Gasteiger partial charge >= 0.3 is 0 Å². The minimum Gasteiger partial charge on any atom is -0.486 e. The van der Waals surface area contributed by atoms with Crippen LogP contribution in [0.25, 0.3) is 0 Å². The highest BCUT2D eigenvalue weighted by molar-refractivity contribution is 5.96. The molecule has 3 rings (SSSR count). The van der Waals surface area contributed by atoms with E-state index in [-0.39, 0.29) is 25.0 Å². The zero-order chi connectivity index (χ0) is 25.9. The Bertz CT molecular complexity index is 889. The largest absolute Gasteiger partial charge is 0.486 e. The quantitative estimate of drug-likeness (QED) is 0.318. The molecule has 0 saturated heterocycles. The highest BCUT2D eigenvalue weighted by Crippen LogP contribution is 2.47. The summed E-state index contributed by atoms with van der Waals surface area (Å²) in [4.78, 5) is 28.3. The van der Waals surface area contributed by atoms with Crippen molar-refractivity contribution < 1.29 is 29.3 Å². The number of unbranched alkanes of at least 4 members (excludes halogenated alkanes) is 4. The van der Waals surface area contributed by atoms with E-state index in [0.717, 1.165) is 37.7 Å². The van der Waals surface area contributed by atoms with Crippen molar-refractivity contribution in [3.63, 3.8) is 0 Å². The molecule has 36 heavy (non-hydrogen) atoms. The molecule has 1 aliphatic carbocycles. The Morgan fingerprint density at radius 1 is 1.11 bits per heavy atom. The van der Waals surface area contributed by atoms with E-state index in [1.807, 2.05) is 31.2 Å². The molecule has 4 atom stereocenters. The van der Waals surface area contributed by atoms with Gasteiger partial charge in [-0.3, -0.25) is 9.59 Å². The Labute approximate surface area is 214 Å². The molecular weight excluding hydrogens is 460 g/mol. The topological polar surface area (TPSA) is 108 Å². The van der Waals surface area contributed by atoms with E-state index in [1.54, 1.807) is 11.0 Å². The van der Waals surface area contributed by atoms with Gasteiger partial charge in [-0.05, 0) is 31.9 Å². The van der Waals surface area contributed by atoms with Gasteiger partial charge in [0.05, 0.1) is 18.6 Å². The molecule has 1 aromatic rings. The molecular formula is C28H42N2O6. The standard InChI is InChI=1S/C28H42N2O6/c1-3-5-6-7-8-14-24(32)30(16-11-18-35-4-2)22-19-21(28(34)29-15-17-31)25-20-12-9-10-13-23(20)36-27(25)26(22)33/h9-10,12-13,19,22,25-27,31,33H,3-8,11,14-18H2,1-2H3,(H,29,34)/t22-,25+,26+,27+/m1/s1. The summed E-state index contributed by atoms with van der Waals surface area (Å²) in [6.07, 6.45) is 6.28. The molecule has 8 nitrogen and oxygen atoms in total. The van der Waals surface area contributed by atoms with Crippen LogP contribution in [0.4, 0.5) is 0 Å². The van der Waals surface area contributed by atoms with Crippen LogP contribution in [0.3, 0.4) is 0 Å². The number of nitrogens with one attached hydrogen (secondary N) is 1. The molecule has 1 aliphatic heterocycles. The summed E-state index contributed by atoms with van der Waals surface area (Å²) in [5, 5.41) is 23.5. The number of para-hydroxylation sites is 1. The Morgan fingerprint density at radius 2 is 1.89 bits per heavy atom. The van der Waals surface area contributed by atoms with E-state index < -0.39 is 24.2 Å². The lowest BCUT2D eigenvalue weighted by molar-refractivity contribution is -0.137. The maximum atomic E-state index is 13.4. The van der Waals surface area contributed by atoms with Gasteiger partial charge in [-0.1, -0.05) is 50.8 Å². The van der Waals surface area contributed by atoms with Gasteiger partial charge in [-0.25, -0.2) is 0 Å². The first-order chi connectivity index (χ1) is 17.5. The third-order valence-electron chi connectivity index (χ3n) is 6.94. The van der Waals surface area contributed by atoms with Gasteiger partial charge in [-0.2, -0.15) is 0 Å². The van der Waals surface area contributed by atoms with Crippen LogP contribution in [0.15, 0.2) is 35.9 Å². The van der Waals surface area contributed by atoms with E-state index in [9.17, 15) is 19.8 Å². The van der Waals surface area contributed by atoms with Crippen molar-refractivity contribution in [3.8, 4) is 5.75 Å². The van der Waals surface area contributed by atoms with Crippen LogP contribution in [-0.2, 0) is 14.3 Å². The number of aliphatic hydroxyl groups is 2. The molecule has 0 unspecified atom stereocenters. The van der Waals surface area contributed by atoms with Crippen LogP contribution >= 0.6 is 0 Å². The molecule has 0 aromatic heterocycles. The summed E-state index contributed by atoms with van der Waals surface area (Å²) in [6.45, 7) is 5.57. The van der Waals surface area contributed by atoms with Gasteiger partial charge in [0.2, 0.25) is 11.8 Å². The predicted octanol–water partition coefficient (Wildman–Crippen LogP) is 2.92. The number of carbonyl (C=O) groups excluding carboxylic acids is 2. The summed E-state index contributed by atoms with van der Waals surface area (Å²) in [5.74, 6) is -0.163. The van der Waals surface area contributed by atoms with Crippen molar-refractivity contribution in [1.82, 2.24) is 10.2 Å². The molecule has 1 aromatic carbocycles. The molecule has 1 heterocycles. The SMILES string of the molecule is CCCCCCCC(=O)N(CCCOCC)[C@@H]1C=C(C(=O)NCCO)[C@@H]2c3ccccc3O[C@@H]2[C@H]1O. The monoisotopic (exact) mass is 502 g/mol. The van der Waals surface area contributed by atoms with Crippen molar-refractivity contribution in [2.24, 2.45) is 0 Å². The average molecular weight is 503 g/mol.